The molecule has 4 heterocycles. The molecule has 0 unspecified atom stereocenters. The Labute approximate surface area is 220 Å². The maximum atomic E-state index is 13.6. The van der Waals surface area contributed by atoms with Gasteiger partial charge in [-0.2, -0.15) is 21.1 Å². The summed E-state index contributed by atoms with van der Waals surface area (Å²) in [7, 11) is 1.51. The van der Waals surface area contributed by atoms with Gasteiger partial charge in [0.25, 0.3) is 11.5 Å². The van der Waals surface area contributed by atoms with Gasteiger partial charge in [-0.3, -0.25) is 9.59 Å². The number of methoxy groups -OCH3 is 1. The van der Waals surface area contributed by atoms with Crippen LogP contribution < -0.4 is 15.6 Å². The van der Waals surface area contributed by atoms with Crippen molar-refractivity contribution in [3.8, 4) is 17.0 Å². The molecular formula is C26H21ClN4O3S2. The minimum Gasteiger partial charge on any atom is -0.496 e. The van der Waals surface area contributed by atoms with Crippen LogP contribution in [0.15, 0.2) is 82.4 Å². The van der Waals surface area contributed by atoms with Crippen LogP contribution in [-0.2, 0) is 13.1 Å². The Bertz CT molecular complexity index is 1570. The topological polar surface area (TPSA) is 78.2 Å². The fourth-order valence-electron chi connectivity index (χ4n) is 3.79. The first-order chi connectivity index (χ1) is 17.5. The zero-order chi connectivity index (χ0) is 25.1. The quantitative estimate of drug-likeness (QED) is 0.269. The maximum absolute atomic E-state index is 13.6. The molecule has 0 aliphatic heterocycles. The molecule has 0 spiro atoms. The number of nitrogens with one attached hydrogen (secondary N) is 1. The van der Waals surface area contributed by atoms with Gasteiger partial charge in [0.05, 0.1) is 35.7 Å². The molecule has 0 radical (unpaired) electrons. The fraction of sp³-hybridized carbons (Fsp3) is 0.115. The highest BCUT2D eigenvalue weighted by Gasteiger charge is 2.21. The standard InChI is InChI=1S/C26H21ClN4O3S2/c1-34-22-7-3-2-5-20(22)26(33)31-24(28-14-18-8-9-23(27)36-18)13-21(29-31)19-6-4-11-30(25(19)32)15-17-10-12-35-16-17/h2-13,16,28H,14-15H2,1H3. The molecule has 5 rings (SSSR count). The summed E-state index contributed by atoms with van der Waals surface area (Å²) in [6.45, 7) is 0.903. The number of hydrogen-bond donors (Lipinski definition) is 1. The first kappa shape index (κ1) is 24.1. The number of anilines is 1. The smallest absolute Gasteiger partial charge is 0.283 e. The van der Waals surface area contributed by atoms with Crippen molar-refractivity contribution < 1.29 is 9.53 Å². The van der Waals surface area contributed by atoms with Gasteiger partial charge < -0.3 is 14.6 Å². The van der Waals surface area contributed by atoms with Crippen LogP contribution in [0, 0.1) is 0 Å². The normalized spacial score (nSPS) is 10.9. The molecule has 0 fully saturated rings. The molecular weight excluding hydrogens is 516 g/mol. The Kier molecular flexibility index (Phi) is 7.04. The van der Waals surface area contributed by atoms with Crippen LogP contribution in [0.3, 0.4) is 0 Å². The van der Waals surface area contributed by atoms with Gasteiger partial charge in [0.1, 0.15) is 17.3 Å². The number of ether oxygens (including phenoxy) is 1. The number of nitrogens with zero attached hydrogens (tertiary/aromatic N) is 3. The molecule has 1 N–H and O–H groups in total. The van der Waals surface area contributed by atoms with Gasteiger partial charge in [-0.05, 0) is 58.8 Å². The summed E-state index contributed by atoms with van der Waals surface area (Å²) in [5.74, 6) is 0.520. The van der Waals surface area contributed by atoms with Gasteiger partial charge >= 0.3 is 0 Å². The van der Waals surface area contributed by atoms with Crippen LogP contribution in [0.2, 0.25) is 4.34 Å². The summed E-state index contributed by atoms with van der Waals surface area (Å²) in [4.78, 5) is 27.9. The van der Waals surface area contributed by atoms with E-state index in [-0.39, 0.29) is 11.5 Å². The molecule has 0 aliphatic rings. The number of carbonyl (C=O) groups excluding carboxylic acids is 1. The Balaban J connectivity index is 1.54. The zero-order valence-electron chi connectivity index (χ0n) is 19.2. The van der Waals surface area contributed by atoms with E-state index >= 15 is 0 Å². The van der Waals surface area contributed by atoms with Crippen molar-refractivity contribution in [2.75, 3.05) is 12.4 Å². The summed E-state index contributed by atoms with van der Waals surface area (Å²) < 4.78 is 8.98. The van der Waals surface area contributed by atoms with Crippen molar-refractivity contribution >= 4 is 46.0 Å². The number of aromatic nitrogens is 3. The average molecular weight is 537 g/mol. The number of carbonyl (C=O) groups is 1. The number of para-hydroxylation sites is 1. The number of benzene rings is 1. The molecule has 0 aliphatic carbocycles. The maximum Gasteiger partial charge on any atom is 0.283 e. The van der Waals surface area contributed by atoms with Gasteiger partial charge in [0.2, 0.25) is 0 Å². The molecule has 10 heteroatoms. The minimum absolute atomic E-state index is 0.185. The van der Waals surface area contributed by atoms with E-state index in [0.717, 1.165) is 10.4 Å². The molecule has 5 aromatic rings. The lowest BCUT2D eigenvalue weighted by Crippen LogP contribution is -2.21. The van der Waals surface area contributed by atoms with Crippen LogP contribution >= 0.6 is 34.3 Å². The first-order valence-corrected chi connectivity index (χ1v) is 13.1. The highest BCUT2D eigenvalue weighted by molar-refractivity contribution is 7.16. The van der Waals surface area contributed by atoms with Gasteiger partial charge in [-0.1, -0.05) is 23.7 Å². The van der Waals surface area contributed by atoms with Crippen molar-refractivity contribution in [3.05, 3.63) is 108 Å². The number of hydrogen-bond acceptors (Lipinski definition) is 7. The van der Waals surface area contributed by atoms with E-state index in [4.69, 9.17) is 16.3 Å². The highest BCUT2D eigenvalue weighted by atomic mass is 35.5. The van der Waals surface area contributed by atoms with E-state index < -0.39 is 0 Å². The summed E-state index contributed by atoms with van der Waals surface area (Å²) in [6.07, 6.45) is 1.75. The molecule has 7 nitrogen and oxygen atoms in total. The van der Waals surface area contributed by atoms with Crippen molar-refractivity contribution in [1.82, 2.24) is 14.3 Å². The number of rotatable bonds is 8. The third kappa shape index (κ3) is 4.99. The molecule has 182 valence electrons. The lowest BCUT2D eigenvalue weighted by molar-refractivity contribution is 0.0945. The molecule has 36 heavy (non-hydrogen) atoms. The summed E-state index contributed by atoms with van der Waals surface area (Å²) in [5, 5.41) is 11.8. The van der Waals surface area contributed by atoms with Crippen LogP contribution in [0.25, 0.3) is 11.3 Å². The van der Waals surface area contributed by atoms with Crippen molar-refractivity contribution in [2.24, 2.45) is 0 Å². The Morgan fingerprint density at radius 1 is 1.14 bits per heavy atom. The Morgan fingerprint density at radius 3 is 2.75 bits per heavy atom. The number of pyridine rings is 1. The predicted molar refractivity (Wildman–Crippen MR) is 145 cm³/mol. The van der Waals surface area contributed by atoms with Crippen LogP contribution in [-0.4, -0.2) is 27.4 Å². The summed E-state index contributed by atoms with van der Waals surface area (Å²) in [6, 6.07) is 17.9. The average Bonchev–Trinajstić information content (AvgIpc) is 3.65. The second kappa shape index (κ2) is 10.5. The van der Waals surface area contributed by atoms with Crippen LogP contribution in [0.5, 0.6) is 5.75 Å². The van der Waals surface area contributed by atoms with E-state index in [1.165, 1.54) is 23.1 Å². The van der Waals surface area contributed by atoms with Crippen LogP contribution in [0.1, 0.15) is 20.8 Å². The molecule has 0 amide bonds. The minimum atomic E-state index is -0.375. The molecule has 0 atom stereocenters. The zero-order valence-corrected chi connectivity index (χ0v) is 21.6. The molecule has 0 saturated carbocycles. The van der Waals surface area contributed by atoms with Crippen molar-refractivity contribution in [3.63, 3.8) is 0 Å². The number of halogens is 1. The van der Waals surface area contributed by atoms with Crippen LogP contribution in [0.4, 0.5) is 5.82 Å². The molecule has 1 aromatic carbocycles. The fourth-order valence-corrected chi connectivity index (χ4v) is 5.48. The molecule has 0 saturated heterocycles. The van der Waals surface area contributed by atoms with Crippen molar-refractivity contribution in [1.29, 1.82) is 0 Å². The lowest BCUT2D eigenvalue weighted by atomic mass is 10.2. The molecule has 0 bridgehead atoms. The first-order valence-electron chi connectivity index (χ1n) is 11.0. The SMILES string of the molecule is COc1ccccc1C(=O)n1nc(-c2cccn(Cc3ccsc3)c2=O)cc1NCc1ccc(Cl)s1. The van der Waals surface area contributed by atoms with E-state index in [1.54, 1.807) is 58.5 Å². The molecule has 4 aromatic heterocycles. The van der Waals surface area contributed by atoms with Gasteiger partial charge in [-0.25, -0.2) is 0 Å². The largest absolute Gasteiger partial charge is 0.496 e. The third-order valence-corrected chi connectivity index (χ3v) is 7.50. The van der Waals surface area contributed by atoms with E-state index in [0.29, 0.717) is 45.8 Å². The Hall–Kier alpha value is -3.66. The number of thiophene rings is 2. The van der Waals surface area contributed by atoms with E-state index in [9.17, 15) is 9.59 Å². The second-order valence-electron chi connectivity index (χ2n) is 7.88. The van der Waals surface area contributed by atoms with Crippen molar-refractivity contribution in [2.45, 2.75) is 13.1 Å². The third-order valence-electron chi connectivity index (χ3n) is 5.54. The van der Waals surface area contributed by atoms with E-state index in [1.807, 2.05) is 35.0 Å². The second-order valence-corrected chi connectivity index (χ2v) is 10.5. The highest BCUT2D eigenvalue weighted by Crippen LogP contribution is 2.26. The van der Waals surface area contributed by atoms with Gasteiger partial charge in [-0.15, -0.1) is 11.3 Å². The summed E-state index contributed by atoms with van der Waals surface area (Å²) in [5.41, 5.74) is 2.03. The lowest BCUT2D eigenvalue weighted by Gasteiger charge is -2.10. The predicted octanol–water partition coefficient (Wildman–Crippen LogP) is 5.85. The Morgan fingerprint density at radius 2 is 2.00 bits per heavy atom. The summed E-state index contributed by atoms with van der Waals surface area (Å²) >= 11 is 9.11. The van der Waals surface area contributed by atoms with Gasteiger partial charge in [0.15, 0.2) is 0 Å². The monoisotopic (exact) mass is 536 g/mol. The van der Waals surface area contributed by atoms with E-state index in [2.05, 4.69) is 10.4 Å². The van der Waals surface area contributed by atoms with Gasteiger partial charge in [0, 0.05) is 17.1 Å².